The van der Waals surface area contributed by atoms with Gasteiger partial charge in [-0.3, -0.25) is 4.99 Å². The predicted molar refractivity (Wildman–Crippen MR) is 63.9 cm³/mol. The normalized spacial score (nSPS) is 11.8. The molecule has 1 rings (SSSR count). The lowest BCUT2D eigenvalue weighted by molar-refractivity contribution is 0.0345. The highest BCUT2D eigenvalue weighted by Gasteiger charge is 2.07. The molecule has 0 fully saturated rings. The number of rotatable bonds is 7. The molecule has 0 spiro atoms. The van der Waals surface area contributed by atoms with Crippen molar-refractivity contribution in [1.82, 2.24) is 0 Å². The number of nitrogens with zero attached hydrogens (tertiary/aromatic N) is 1. The molecule has 0 aliphatic heterocycles. The first kappa shape index (κ1) is 13.2. The van der Waals surface area contributed by atoms with Crippen LogP contribution in [-0.4, -0.2) is 37.2 Å². The second kappa shape index (κ2) is 6.65. The van der Waals surface area contributed by atoms with E-state index in [1.807, 2.05) is 6.92 Å². The quantitative estimate of drug-likeness (QED) is 0.734. The summed E-state index contributed by atoms with van der Waals surface area (Å²) in [4.78, 5) is 14.5. The minimum Gasteiger partial charge on any atom is -0.489 e. The van der Waals surface area contributed by atoms with Gasteiger partial charge in [0.1, 0.15) is 12.4 Å². The van der Waals surface area contributed by atoms with Crippen LogP contribution < -0.4 is 4.74 Å². The van der Waals surface area contributed by atoms with E-state index in [4.69, 9.17) is 14.6 Å². The van der Waals surface area contributed by atoms with E-state index in [2.05, 4.69) is 11.7 Å². The molecular formula is C12H15NO4. The molecule has 0 saturated heterocycles. The van der Waals surface area contributed by atoms with Gasteiger partial charge in [-0.2, -0.15) is 0 Å². The van der Waals surface area contributed by atoms with Crippen molar-refractivity contribution in [2.75, 3.05) is 13.2 Å². The van der Waals surface area contributed by atoms with Crippen molar-refractivity contribution in [3.8, 4) is 5.75 Å². The molecule has 92 valence electrons. The Morgan fingerprint density at radius 2 is 2.35 bits per heavy atom. The standard InChI is InChI=1S/C12H15NO4/c1-3-16-11(13-2)8-17-10-6-4-5-9(7-10)12(14)15/h4-7,11H,2-3,8H2,1H3,(H,14,15). The summed E-state index contributed by atoms with van der Waals surface area (Å²) in [7, 11) is 0. The summed E-state index contributed by atoms with van der Waals surface area (Å²) >= 11 is 0. The van der Waals surface area contributed by atoms with Gasteiger partial charge in [0.05, 0.1) is 5.56 Å². The van der Waals surface area contributed by atoms with Gasteiger partial charge in [-0.15, -0.1) is 0 Å². The minimum atomic E-state index is -0.987. The van der Waals surface area contributed by atoms with Gasteiger partial charge in [0.2, 0.25) is 0 Å². The Morgan fingerprint density at radius 1 is 1.59 bits per heavy atom. The van der Waals surface area contributed by atoms with Crippen LogP contribution in [0.4, 0.5) is 0 Å². The molecule has 0 aliphatic rings. The first-order chi connectivity index (χ1) is 8.17. The van der Waals surface area contributed by atoms with Crippen molar-refractivity contribution in [3.05, 3.63) is 29.8 Å². The van der Waals surface area contributed by atoms with Gasteiger partial charge < -0.3 is 14.6 Å². The lowest BCUT2D eigenvalue weighted by Gasteiger charge is -2.13. The number of hydrogen-bond donors (Lipinski definition) is 1. The number of carboxylic acid groups (broad SMARTS) is 1. The average molecular weight is 237 g/mol. The molecule has 0 radical (unpaired) electrons. The molecule has 0 heterocycles. The molecule has 17 heavy (non-hydrogen) atoms. The number of hydrogen-bond acceptors (Lipinski definition) is 4. The lowest BCUT2D eigenvalue weighted by Crippen LogP contribution is -2.19. The van der Waals surface area contributed by atoms with Gasteiger partial charge in [-0.05, 0) is 31.8 Å². The average Bonchev–Trinajstić information content (AvgIpc) is 2.34. The summed E-state index contributed by atoms with van der Waals surface area (Å²) in [6.07, 6.45) is -0.437. The molecular weight excluding hydrogens is 222 g/mol. The van der Waals surface area contributed by atoms with Crippen molar-refractivity contribution in [1.29, 1.82) is 0 Å². The monoisotopic (exact) mass is 237 g/mol. The topological polar surface area (TPSA) is 68.1 Å². The second-order valence-electron chi connectivity index (χ2n) is 3.24. The maximum Gasteiger partial charge on any atom is 0.335 e. The molecule has 1 N–H and O–H groups in total. The zero-order valence-corrected chi connectivity index (χ0v) is 9.63. The molecule has 0 aliphatic carbocycles. The number of ether oxygens (including phenoxy) is 2. The highest BCUT2D eigenvalue weighted by atomic mass is 16.5. The van der Waals surface area contributed by atoms with Crippen LogP contribution in [0.3, 0.4) is 0 Å². The summed E-state index contributed by atoms with van der Waals surface area (Å²) in [5.74, 6) is -0.517. The molecule has 0 aromatic heterocycles. The number of benzene rings is 1. The van der Waals surface area contributed by atoms with Crippen LogP contribution in [0.25, 0.3) is 0 Å². The Labute approximate surface area is 99.7 Å². The van der Waals surface area contributed by atoms with Crippen molar-refractivity contribution in [2.24, 2.45) is 4.99 Å². The molecule has 0 amide bonds. The largest absolute Gasteiger partial charge is 0.489 e. The fraction of sp³-hybridized carbons (Fsp3) is 0.333. The smallest absolute Gasteiger partial charge is 0.335 e. The lowest BCUT2D eigenvalue weighted by atomic mass is 10.2. The fourth-order valence-electron chi connectivity index (χ4n) is 1.23. The summed E-state index contributed by atoms with van der Waals surface area (Å²) in [6.45, 7) is 5.96. The number of carboxylic acids is 1. The molecule has 0 bridgehead atoms. The molecule has 1 aromatic rings. The summed E-state index contributed by atoms with van der Waals surface area (Å²) in [6, 6.07) is 6.25. The number of carbonyl (C=O) groups is 1. The number of aliphatic imine (C=N–C) groups is 1. The van der Waals surface area contributed by atoms with E-state index in [1.165, 1.54) is 12.1 Å². The van der Waals surface area contributed by atoms with Crippen molar-refractivity contribution >= 4 is 12.7 Å². The first-order valence-corrected chi connectivity index (χ1v) is 5.21. The maximum atomic E-state index is 10.7. The molecule has 0 saturated carbocycles. The van der Waals surface area contributed by atoms with E-state index in [0.717, 1.165) is 0 Å². The Hall–Kier alpha value is -1.88. The number of aromatic carboxylic acids is 1. The second-order valence-corrected chi connectivity index (χ2v) is 3.24. The summed E-state index contributed by atoms with van der Waals surface area (Å²) in [5.41, 5.74) is 0.182. The highest BCUT2D eigenvalue weighted by molar-refractivity contribution is 5.87. The van der Waals surface area contributed by atoms with Crippen LogP contribution >= 0.6 is 0 Å². The molecule has 5 nitrogen and oxygen atoms in total. The van der Waals surface area contributed by atoms with Crippen LogP contribution in [0, 0.1) is 0 Å². The molecule has 1 atom stereocenters. The van der Waals surface area contributed by atoms with E-state index in [-0.39, 0.29) is 12.2 Å². The van der Waals surface area contributed by atoms with E-state index in [1.54, 1.807) is 12.1 Å². The van der Waals surface area contributed by atoms with E-state index in [9.17, 15) is 4.79 Å². The Bertz CT molecular complexity index is 392. The summed E-state index contributed by atoms with van der Waals surface area (Å²) < 4.78 is 10.6. The SMILES string of the molecule is C=NC(COc1cccc(C(=O)O)c1)OCC. The van der Waals surface area contributed by atoms with Crippen LogP contribution in [0.2, 0.25) is 0 Å². The molecule has 1 aromatic carbocycles. The summed E-state index contributed by atoms with van der Waals surface area (Å²) in [5, 5.41) is 8.81. The molecule has 1 unspecified atom stereocenters. The van der Waals surface area contributed by atoms with E-state index in [0.29, 0.717) is 12.4 Å². The fourth-order valence-corrected chi connectivity index (χ4v) is 1.23. The van der Waals surface area contributed by atoms with Gasteiger partial charge in [-0.25, -0.2) is 4.79 Å². The van der Waals surface area contributed by atoms with Gasteiger partial charge in [-0.1, -0.05) is 6.07 Å². The van der Waals surface area contributed by atoms with Crippen molar-refractivity contribution < 1.29 is 19.4 Å². The minimum absolute atomic E-state index is 0.182. The van der Waals surface area contributed by atoms with Crippen LogP contribution in [-0.2, 0) is 4.74 Å². The van der Waals surface area contributed by atoms with Crippen LogP contribution in [0.5, 0.6) is 5.75 Å². The third-order valence-corrected chi connectivity index (χ3v) is 2.04. The van der Waals surface area contributed by atoms with Gasteiger partial charge in [0.15, 0.2) is 6.23 Å². The van der Waals surface area contributed by atoms with Crippen LogP contribution in [0.1, 0.15) is 17.3 Å². The highest BCUT2D eigenvalue weighted by Crippen LogP contribution is 2.14. The van der Waals surface area contributed by atoms with Crippen molar-refractivity contribution in [2.45, 2.75) is 13.2 Å². The molecule has 5 heteroatoms. The Morgan fingerprint density at radius 3 is 2.94 bits per heavy atom. The van der Waals surface area contributed by atoms with Gasteiger partial charge in [0.25, 0.3) is 0 Å². The van der Waals surface area contributed by atoms with Crippen LogP contribution in [0.15, 0.2) is 29.3 Å². The van der Waals surface area contributed by atoms with Crippen molar-refractivity contribution in [3.63, 3.8) is 0 Å². The maximum absolute atomic E-state index is 10.7. The van der Waals surface area contributed by atoms with Gasteiger partial charge in [0, 0.05) is 6.61 Å². The van der Waals surface area contributed by atoms with Gasteiger partial charge >= 0.3 is 5.97 Å². The van der Waals surface area contributed by atoms with E-state index >= 15 is 0 Å². The predicted octanol–water partition coefficient (Wildman–Crippen LogP) is 1.83. The third-order valence-electron chi connectivity index (χ3n) is 2.04. The zero-order valence-electron chi connectivity index (χ0n) is 9.63. The van der Waals surface area contributed by atoms with E-state index < -0.39 is 12.2 Å². The third kappa shape index (κ3) is 4.24. The Kier molecular flexibility index (Phi) is 5.16. The first-order valence-electron chi connectivity index (χ1n) is 5.21. The Balaban J connectivity index is 2.59. The zero-order chi connectivity index (χ0) is 12.7.